The highest BCUT2D eigenvalue weighted by Crippen LogP contribution is 2.42. The summed E-state index contributed by atoms with van der Waals surface area (Å²) in [7, 11) is 0. The fourth-order valence-corrected chi connectivity index (χ4v) is 3.24. The molecular formula is C13H17F3N4. The van der Waals surface area contributed by atoms with E-state index in [1.165, 1.54) is 6.20 Å². The van der Waals surface area contributed by atoms with Crippen molar-refractivity contribution < 1.29 is 13.2 Å². The molecule has 0 aromatic carbocycles. The Morgan fingerprint density at radius 3 is 2.50 bits per heavy atom. The number of aromatic nitrogens is 2. The van der Waals surface area contributed by atoms with Gasteiger partial charge in [-0.15, -0.1) is 0 Å². The van der Waals surface area contributed by atoms with Gasteiger partial charge in [-0.1, -0.05) is 0 Å². The van der Waals surface area contributed by atoms with E-state index in [2.05, 4.69) is 15.3 Å². The van der Waals surface area contributed by atoms with Crippen LogP contribution in [-0.4, -0.2) is 36.1 Å². The van der Waals surface area contributed by atoms with Crippen LogP contribution < -0.4 is 10.2 Å². The first-order chi connectivity index (χ1) is 9.50. The van der Waals surface area contributed by atoms with Crippen LogP contribution in [-0.2, 0) is 6.18 Å². The highest BCUT2D eigenvalue weighted by atomic mass is 19.4. The van der Waals surface area contributed by atoms with Crippen molar-refractivity contribution in [3.63, 3.8) is 0 Å². The summed E-state index contributed by atoms with van der Waals surface area (Å²) in [5.74, 6) is -0.0181. The second-order valence-electron chi connectivity index (χ2n) is 5.65. The van der Waals surface area contributed by atoms with E-state index in [-0.39, 0.29) is 11.2 Å². The third-order valence-corrected chi connectivity index (χ3v) is 4.35. The Labute approximate surface area is 115 Å². The molecule has 2 aliphatic heterocycles. The van der Waals surface area contributed by atoms with Crippen LogP contribution in [0.25, 0.3) is 0 Å². The Morgan fingerprint density at radius 2 is 1.80 bits per heavy atom. The quantitative estimate of drug-likeness (QED) is 0.858. The Balaban J connectivity index is 1.84. The molecule has 1 aromatic heterocycles. The fourth-order valence-electron chi connectivity index (χ4n) is 3.24. The van der Waals surface area contributed by atoms with Gasteiger partial charge in [0.1, 0.15) is 0 Å². The third-order valence-electron chi connectivity index (χ3n) is 4.35. The van der Waals surface area contributed by atoms with E-state index in [1.807, 2.05) is 0 Å². The van der Waals surface area contributed by atoms with Crippen LogP contribution in [0, 0.1) is 5.41 Å². The van der Waals surface area contributed by atoms with Crippen LogP contribution >= 0.6 is 0 Å². The summed E-state index contributed by atoms with van der Waals surface area (Å²) < 4.78 is 39.0. The molecule has 1 spiro atoms. The van der Waals surface area contributed by atoms with Gasteiger partial charge in [-0.3, -0.25) is 0 Å². The van der Waals surface area contributed by atoms with Crippen LogP contribution in [0.15, 0.2) is 12.4 Å². The second-order valence-corrected chi connectivity index (χ2v) is 5.65. The molecule has 2 fully saturated rings. The molecule has 3 rings (SSSR count). The van der Waals surface area contributed by atoms with Gasteiger partial charge in [0.2, 0.25) is 0 Å². The number of nitrogens with zero attached hydrogens (tertiary/aromatic N) is 3. The Morgan fingerprint density at radius 1 is 1.10 bits per heavy atom. The van der Waals surface area contributed by atoms with Crippen molar-refractivity contribution >= 4 is 5.82 Å². The number of hydrogen-bond acceptors (Lipinski definition) is 4. The first kappa shape index (κ1) is 13.6. The van der Waals surface area contributed by atoms with Gasteiger partial charge in [0, 0.05) is 25.5 Å². The largest absolute Gasteiger partial charge is 0.437 e. The number of halogens is 3. The van der Waals surface area contributed by atoms with Gasteiger partial charge in [0.05, 0.1) is 0 Å². The standard InChI is InChI=1S/C13H17F3N4/c14-13(15,16)10-11(19-7-6-18-10)20-8-3-12(9-20)1-4-17-5-2-12/h6-7,17H,1-5,8-9H2. The van der Waals surface area contributed by atoms with E-state index in [0.717, 1.165) is 38.5 Å². The lowest BCUT2D eigenvalue weighted by atomic mass is 9.78. The zero-order valence-electron chi connectivity index (χ0n) is 11.1. The van der Waals surface area contributed by atoms with Crippen molar-refractivity contribution in [2.24, 2.45) is 5.41 Å². The van der Waals surface area contributed by atoms with Crippen molar-refractivity contribution in [3.05, 3.63) is 18.1 Å². The maximum absolute atomic E-state index is 13.0. The fraction of sp³-hybridized carbons (Fsp3) is 0.692. The van der Waals surface area contributed by atoms with E-state index in [1.54, 1.807) is 4.90 Å². The lowest BCUT2D eigenvalue weighted by Crippen LogP contribution is -2.39. The molecular weight excluding hydrogens is 269 g/mol. The highest BCUT2D eigenvalue weighted by molar-refractivity contribution is 5.46. The molecule has 3 heterocycles. The van der Waals surface area contributed by atoms with Gasteiger partial charge in [0.15, 0.2) is 11.5 Å². The van der Waals surface area contributed by atoms with Crippen LogP contribution in [0.4, 0.5) is 19.0 Å². The summed E-state index contributed by atoms with van der Waals surface area (Å²) in [6.45, 7) is 3.17. The number of anilines is 1. The van der Waals surface area contributed by atoms with Gasteiger partial charge in [-0.05, 0) is 37.8 Å². The Bertz CT molecular complexity index is 483. The summed E-state index contributed by atoms with van der Waals surface area (Å²) in [6, 6.07) is 0. The van der Waals surface area contributed by atoms with Crippen molar-refractivity contribution in [1.82, 2.24) is 15.3 Å². The molecule has 0 atom stereocenters. The van der Waals surface area contributed by atoms with E-state index >= 15 is 0 Å². The van der Waals surface area contributed by atoms with Crippen molar-refractivity contribution in [2.45, 2.75) is 25.4 Å². The normalized spacial score (nSPS) is 22.4. The predicted molar refractivity (Wildman–Crippen MR) is 68.4 cm³/mol. The SMILES string of the molecule is FC(F)(F)c1nccnc1N1CCC2(CCNCC2)C1. The molecule has 110 valence electrons. The maximum atomic E-state index is 13.0. The molecule has 20 heavy (non-hydrogen) atoms. The Kier molecular flexibility index (Phi) is 3.32. The number of nitrogens with one attached hydrogen (secondary N) is 1. The molecule has 2 aliphatic rings. The molecule has 1 N–H and O–H groups in total. The summed E-state index contributed by atoms with van der Waals surface area (Å²) in [6.07, 6.45) is 0.951. The predicted octanol–water partition coefficient (Wildman–Crippen LogP) is 2.08. The van der Waals surface area contributed by atoms with E-state index in [9.17, 15) is 13.2 Å². The van der Waals surface area contributed by atoms with Gasteiger partial charge in [0.25, 0.3) is 0 Å². The third kappa shape index (κ3) is 2.46. The van der Waals surface area contributed by atoms with E-state index in [4.69, 9.17) is 0 Å². The Hall–Kier alpha value is -1.37. The highest BCUT2D eigenvalue weighted by Gasteiger charge is 2.43. The minimum atomic E-state index is -4.45. The summed E-state index contributed by atoms with van der Waals surface area (Å²) in [5, 5.41) is 3.30. The molecule has 7 heteroatoms. The molecule has 4 nitrogen and oxygen atoms in total. The summed E-state index contributed by atoms with van der Waals surface area (Å²) in [4.78, 5) is 9.17. The topological polar surface area (TPSA) is 41.1 Å². The van der Waals surface area contributed by atoms with Crippen molar-refractivity contribution in [2.75, 3.05) is 31.1 Å². The van der Waals surface area contributed by atoms with Crippen molar-refractivity contribution in [1.29, 1.82) is 0 Å². The number of hydrogen-bond donors (Lipinski definition) is 1. The molecule has 1 aromatic rings. The number of piperidine rings is 1. The first-order valence-corrected chi connectivity index (χ1v) is 6.84. The average Bonchev–Trinajstić information content (AvgIpc) is 2.82. The van der Waals surface area contributed by atoms with Crippen LogP contribution in [0.5, 0.6) is 0 Å². The van der Waals surface area contributed by atoms with Gasteiger partial charge in [-0.25, -0.2) is 9.97 Å². The molecule has 0 saturated carbocycles. The van der Waals surface area contributed by atoms with Crippen LogP contribution in [0.3, 0.4) is 0 Å². The van der Waals surface area contributed by atoms with Gasteiger partial charge < -0.3 is 10.2 Å². The van der Waals surface area contributed by atoms with Crippen LogP contribution in [0.1, 0.15) is 25.0 Å². The maximum Gasteiger partial charge on any atom is 0.437 e. The minimum Gasteiger partial charge on any atom is -0.354 e. The van der Waals surface area contributed by atoms with Gasteiger partial charge >= 0.3 is 6.18 Å². The number of rotatable bonds is 1. The molecule has 0 aliphatic carbocycles. The summed E-state index contributed by atoms with van der Waals surface area (Å²) >= 11 is 0. The second kappa shape index (κ2) is 4.87. The van der Waals surface area contributed by atoms with E-state index in [0.29, 0.717) is 13.1 Å². The lowest BCUT2D eigenvalue weighted by molar-refractivity contribution is -0.140. The summed E-state index contributed by atoms with van der Waals surface area (Å²) in [5.41, 5.74) is -0.725. The molecule has 0 amide bonds. The lowest BCUT2D eigenvalue weighted by Gasteiger charge is -2.34. The zero-order chi connectivity index (χ0) is 14.2. The molecule has 0 unspecified atom stereocenters. The number of alkyl halides is 3. The molecule has 2 saturated heterocycles. The minimum absolute atomic E-state index is 0.0181. The first-order valence-electron chi connectivity index (χ1n) is 6.84. The molecule has 0 bridgehead atoms. The van der Waals surface area contributed by atoms with Gasteiger partial charge in [-0.2, -0.15) is 13.2 Å². The molecule has 0 radical (unpaired) electrons. The zero-order valence-corrected chi connectivity index (χ0v) is 11.1. The van der Waals surface area contributed by atoms with E-state index < -0.39 is 11.9 Å². The van der Waals surface area contributed by atoms with Crippen molar-refractivity contribution in [3.8, 4) is 0 Å². The smallest absolute Gasteiger partial charge is 0.354 e. The monoisotopic (exact) mass is 286 g/mol. The van der Waals surface area contributed by atoms with Crippen LogP contribution in [0.2, 0.25) is 0 Å². The average molecular weight is 286 g/mol.